The van der Waals surface area contributed by atoms with Crippen LogP contribution in [-0.4, -0.2) is 20.1 Å². The molecule has 0 fully saturated rings. The average molecular weight is 371 g/mol. The zero-order chi connectivity index (χ0) is 19.8. The van der Waals surface area contributed by atoms with Gasteiger partial charge < -0.3 is 10.1 Å². The molecule has 4 heteroatoms. The maximum atomic E-state index is 9.22. The maximum absolute atomic E-state index is 9.22. The number of hydrogen-bond donors (Lipinski definition) is 2. The van der Waals surface area contributed by atoms with E-state index in [1.54, 1.807) is 0 Å². The zero-order valence-corrected chi connectivity index (χ0v) is 16.7. The summed E-state index contributed by atoms with van der Waals surface area (Å²) in [5.41, 5.74) is 9.71. The molecule has 0 radical (unpaired) electrons. The van der Waals surface area contributed by atoms with Crippen LogP contribution >= 0.6 is 0 Å². The Morgan fingerprint density at radius 2 is 1.64 bits per heavy atom. The van der Waals surface area contributed by atoms with Gasteiger partial charge in [-0.1, -0.05) is 26.0 Å². The van der Waals surface area contributed by atoms with Crippen LogP contribution in [0.25, 0.3) is 33.3 Å². The molecule has 3 heterocycles. The van der Waals surface area contributed by atoms with Gasteiger partial charge in [-0.05, 0) is 61.2 Å². The number of benzene rings is 1. The van der Waals surface area contributed by atoms with E-state index in [2.05, 4.69) is 59.1 Å². The minimum absolute atomic E-state index is 0.0389. The first kappa shape index (κ1) is 18.4. The van der Waals surface area contributed by atoms with Crippen LogP contribution in [0.1, 0.15) is 42.4 Å². The number of hydrogen-bond acceptors (Lipinski definition) is 3. The van der Waals surface area contributed by atoms with Crippen LogP contribution in [0.5, 0.6) is 0 Å². The number of rotatable bonds is 4. The Morgan fingerprint density at radius 1 is 0.929 bits per heavy atom. The van der Waals surface area contributed by atoms with Gasteiger partial charge in [-0.25, -0.2) is 0 Å². The highest BCUT2D eigenvalue weighted by Gasteiger charge is 2.17. The Morgan fingerprint density at radius 3 is 2.25 bits per heavy atom. The third kappa shape index (κ3) is 3.32. The largest absolute Gasteiger partial charge is 0.390 e. The van der Waals surface area contributed by atoms with Gasteiger partial charge in [0.15, 0.2) is 0 Å². The molecule has 4 nitrogen and oxygen atoms in total. The van der Waals surface area contributed by atoms with E-state index < -0.39 is 0 Å². The second kappa shape index (κ2) is 7.21. The zero-order valence-electron chi connectivity index (χ0n) is 16.7. The molecule has 0 bridgehead atoms. The molecule has 0 aliphatic carbocycles. The molecule has 1 aromatic carbocycles. The minimum Gasteiger partial charge on any atom is -0.390 e. The number of fused-ring (bicyclic) bond motifs is 1. The number of nitrogens with one attached hydrogen (secondary N) is 1. The number of H-pyrrole nitrogens is 1. The van der Waals surface area contributed by atoms with Crippen LogP contribution in [0.4, 0.5) is 0 Å². The van der Waals surface area contributed by atoms with Crippen LogP contribution in [-0.2, 0) is 6.61 Å². The summed E-state index contributed by atoms with van der Waals surface area (Å²) in [7, 11) is 0. The molecule has 4 aromatic rings. The van der Waals surface area contributed by atoms with Crippen molar-refractivity contribution < 1.29 is 5.11 Å². The van der Waals surface area contributed by atoms with Gasteiger partial charge in [-0.3, -0.25) is 9.97 Å². The third-order valence-corrected chi connectivity index (χ3v) is 5.11. The smallest absolute Gasteiger partial charge is 0.0852 e. The van der Waals surface area contributed by atoms with Gasteiger partial charge in [0.1, 0.15) is 0 Å². The van der Waals surface area contributed by atoms with E-state index in [1.807, 2.05) is 32.2 Å². The molecule has 3 aromatic heterocycles. The Hall–Kier alpha value is -2.98. The molecule has 0 spiro atoms. The van der Waals surface area contributed by atoms with Gasteiger partial charge in [0.25, 0.3) is 0 Å². The summed E-state index contributed by atoms with van der Waals surface area (Å²) in [5, 5.41) is 10.5. The van der Waals surface area contributed by atoms with Gasteiger partial charge in [0, 0.05) is 39.6 Å². The lowest BCUT2D eigenvalue weighted by atomic mass is 9.94. The molecule has 0 saturated carbocycles. The summed E-state index contributed by atoms with van der Waals surface area (Å²) in [6.45, 7) is 8.50. The van der Waals surface area contributed by atoms with E-state index in [4.69, 9.17) is 0 Å². The van der Waals surface area contributed by atoms with Crippen molar-refractivity contribution in [3.8, 4) is 22.4 Å². The molecule has 4 rings (SSSR count). The second-order valence-corrected chi connectivity index (χ2v) is 7.66. The van der Waals surface area contributed by atoms with Crippen molar-refractivity contribution in [1.29, 1.82) is 0 Å². The first-order valence-electron chi connectivity index (χ1n) is 9.63. The molecule has 2 N–H and O–H groups in total. The molecule has 0 amide bonds. The van der Waals surface area contributed by atoms with Crippen LogP contribution < -0.4 is 0 Å². The van der Waals surface area contributed by atoms with Crippen molar-refractivity contribution in [3.05, 3.63) is 71.3 Å². The lowest BCUT2D eigenvalue weighted by molar-refractivity contribution is 0.277. The highest BCUT2D eigenvalue weighted by molar-refractivity contribution is 5.94. The SMILES string of the molecule is Cc1cc(-c2[nH]c3ccc(-c4ccc(CO)nc4)cc3c2C(C)C)cc(C)n1. The second-order valence-electron chi connectivity index (χ2n) is 7.66. The van der Waals surface area contributed by atoms with Crippen molar-refractivity contribution in [3.63, 3.8) is 0 Å². The Labute approximate surface area is 165 Å². The van der Waals surface area contributed by atoms with Crippen LogP contribution in [0, 0.1) is 13.8 Å². The topological polar surface area (TPSA) is 61.8 Å². The van der Waals surface area contributed by atoms with Crippen molar-refractivity contribution in [2.75, 3.05) is 0 Å². The highest BCUT2D eigenvalue weighted by Crippen LogP contribution is 2.37. The lowest BCUT2D eigenvalue weighted by Crippen LogP contribution is -1.93. The molecular weight excluding hydrogens is 346 g/mol. The van der Waals surface area contributed by atoms with Crippen molar-refractivity contribution >= 4 is 10.9 Å². The molecule has 0 saturated heterocycles. The monoisotopic (exact) mass is 371 g/mol. The lowest BCUT2D eigenvalue weighted by Gasteiger charge is -2.10. The number of aryl methyl sites for hydroxylation is 2. The van der Waals surface area contributed by atoms with Gasteiger partial charge in [0.2, 0.25) is 0 Å². The summed E-state index contributed by atoms with van der Waals surface area (Å²) < 4.78 is 0. The number of aliphatic hydroxyl groups is 1. The molecule has 28 heavy (non-hydrogen) atoms. The van der Waals surface area contributed by atoms with E-state index in [9.17, 15) is 5.11 Å². The molecular formula is C24H25N3O. The molecule has 142 valence electrons. The molecule has 0 aliphatic rings. The number of aliphatic hydroxyl groups excluding tert-OH is 1. The third-order valence-electron chi connectivity index (χ3n) is 5.11. The first-order chi connectivity index (χ1) is 13.5. The summed E-state index contributed by atoms with van der Waals surface area (Å²) in [5.74, 6) is 0.377. The minimum atomic E-state index is -0.0389. The number of pyridine rings is 2. The highest BCUT2D eigenvalue weighted by atomic mass is 16.3. The fourth-order valence-corrected chi connectivity index (χ4v) is 3.89. The summed E-state index contributed by atoms with van der Waals surface area (Å²) in [6, 6.07) is 14.7. The predicted molar refractivity (Wildman–Crippen MR) is 114 cm³/mol. The first-order valence-corrected chi connectivity index (χ1v) is 9.63. The van der Waals surface area contributed by atoms with Crippen LogP contribution in [0.15, 0.2) is 48.7 Å². The molecule has 0 aliphatic heterocycles. The fourth-order valence-electron chi connectivity index (χ4n) is 3.89. The average Bonchev–Trinajstić information content (AvgIpc) is 3.06. The van der Waals surface area contributed by atoms with Gasteiger partial charge in [-0.15, -0.1) is 0 Å². The summed E-state index contributed by atoms with van der Waals surface area (Å²) in [4.78, 5) is 12.5. The summed E-state index contributed by atoms with van der Waals surface area (Å²) in [6.07, 6.45) is 1.82. The van der Waals surface area contributed by atoms with E-state index in [-0.39, 0.29) is 6.61 Å². The molecule has 0 atom stereocenters. The maximum Gasteiger partial charge on any atom is 0.0852 e. The van der Waals surface area contributed by atoms with E-state index in [0.717, 1.165) is 28.0 Å². The van der Waals surface area contributed by atoms with Crippen LogP contribution in [0.2, 0.25) is 0 Å². The Kier molecular flexibility index (Phi) is 4.73. The standard InChI is InChI=1S/C24H25N3O/c1-14(2)23-21-11-17(18-5-7-20(13-28)25-12-18)6-8-22(21)27-24(23)19-9-15(3)26-16(4)10-19/h5-12,14,27-28H,13H2,1-4H3. The van der Waals surface area contributed by atoms with E-state index in [1.165, 1.54) is 22.2 Å². The Bertz CT molecular complexity index is 1120. The Balaban J connectivity index is 1.89. The van der Waals surface area contributed by atoms with Gasteiger partial charge in [0.05, 0.1) is 18.0 Å². The van der Waals surface area contributed by atoms with Gasteiger partial charge >= 0.3 is 0 Å². The van der Waals surface area contributed by atoms with E-state index >= 15 is 0 Å². The quantitative estimate of drug-likeness (QED) is 0.496. The van der Waals surface area contributed by atoms with Gasteiger partial charge in [-0.2, -0.15) is 0 Å². The van der Waals surface area contributed by atoms with Crippen molar-refractivity contribution in [2.24, 2.45) is 0 Å². The van der Waals surface area contributed by atoms with Crippen molar-refractivity contribution in [2.45, 2.75) is 40.2 Å². The van der Waals surface area contributed by atoms with Crippen LogP contribution in [0.3, 0.4) is 0 Å². The number of aromatic amines is 1. The van der Waals surface area contributed by atoms with Crippen molar-refractivity contribution in [1.82, 2.24) is 15.0 Å². The normalized spacial score (nSPS) is 11.5. The van der Waals surface area contributed by atoms with E-state index in [0.29, 0.717) is 11.6 Å². The number of nitrogens with zero attached hydrogens (tertiary/aromatic N) is 2. The predicted octanol–water partition coefficient (Wildman–Crippen LogP) is 5.52. The fraction of sp³-hybridized carbons (Fsp3) is 0.250. The number of aromatic nitrogens is 3. The summed E-state index contributed by atoms with van der Waals surface area (Å²) >= 11 is 0. The molecule has 0 unspecified atom stereocenters.